The molecule has 128 valence electrons. The lowest BCUT2D eigenvalue weighted by Crippen LogP contribution is -3.11. The molecule has 0 bridgehead atoms. The molecule has 1 aromatic carbocycles. The number of carbonyl (C=O) groups excluding carboxylic acids is 2. The fourth-order valence-electron chi connectivity index (χ4n) is 2.21. The number of nitrogens with one attached hydrogen (secondary N) is 2. The van der Waals surface area contributed by atoms with Gasteiger partial charge in [-0.1, -0.05) is 11.6 Å². The van der Waals surface area contributed by atoms with Gasteiger partial charge in [0.25, 0.3) is 11.8 Å². The van der Waals surface area contributed by atoms with E-state index in [-0.39, 0.29) is 24.9 Å². The van der Waals surface area contributed by atoms with Crippen molar-refractivity contribution in [3.63, 3.8) is 0 Å². The molecule has 2 rings (SSSR count). The Morgan fingerprint density at radius 1 is 1.21 bits per heavy atom. The van der Waals surface area contributed by atoms with E-state index in [0.29, 0.717) is 17.3 Å². The van der Waals surface area contributed by atoms with E-state index in [2.05, 4.69) is 5.32 Å². The smallest absolute Gasteiger partial charge is 0.279 e. The van der Waals surface area contributed by atoms with Crippen molar-refractivity contribution in [1.29, 1.82) is 0 Å². The molecule has 0 spiro atoms. The minimum Gasteiger partial charge on any atom is -0.337 e. The molecule has 5 nitrogen and oxygen atoms in total. The Bertz CT molecular complexity index is 674. The minimum atomic E-state index is -0.136. The predicted molar refractivity (Wildman–Crippen MR) is 97.5 cm³/mol. The second kappa shape index (κ2) is 8.82. The number of rotatable bonds is 7. The molecular formula is C17H21ClN3O2S+. The monoisotopic (exact) mass is 366 g/mol. The van der Waals surface area contributed by atoms with E-state index in [1.165, 1.54) is 0 Å². The maximum atomic E-state index is 12.2. The lowest BCUT2D eigenvalue weighted by atomic mass is 10.3. The van der Waals surface area contributed by atoms with Gasteiger partial charge in [0.15, 0.2) is 13.1 Å². The Morgan fingerprint density at radius 2 is 1.92 bits per heavy atom. The first-order valence-electron chi connectivity index (χ1n) is 7.56. The summed E-state index contributed by atoms with van der Waals surface area (Å²) in [5, 5.41) is 7.44. The van der Waals surface area contributed by atoms with Crippen molar-refractivity contribution in [1.82, 2.24) is 4.90 Å². The summed E-state index contributed by atoms with van der Waals surface area (Å²) in [4.78, 5) is 26.8. The van der Waals surface area contributed by atoms with Crippen LogP contribution in [0.25, 0.3) is 0 Å². The van der Waals surface area contributed by atoms with Crippen LogP contribution in [-0.2, 0) is 16.1 Å². The standard InChI is InChI=1S/C17H20ClN3O2S/c1-20(10-16(22)19-15-5-3-14(18)4-6-15)11-17(23)21(2)9-13-7-8-24-12-13/h3-8,12H,9-11H2,1-2H3,(H,19,22)/p+1. The number of amides is 2. The van der Waals surface area contributed by atoms with Crippen LogP contribution in [0.1, 0.15) is 5.56 Å². The number of thiophene rings is 1. The van der Waals surface area contributed by atoms with Crippen molar-refractivity contribution in [2.45, 2.75) is 6.54 Å². The van der Waals surface area contributed by atoms with E-state index in [0.717, 1.165) is 10.5 Å². The molecule has 0 fully saturated rings. The summed E-state index contributed by atoms with van der Waals surface area (Å²) in [6, 6.07) is 8.93. The molecule has 0 saturated heterocycles. The molecule has 7 heteroatoms. The fourth-order valence-corrected chi connectivity index (χ4v) is 3.00. The average molecular weight is 367 g/mol. The molecule has 2 amide bonds. The van der Waals surface area contributed by atoms with Gasteiger partial charge in [0.1, 0.15) is 0 Å². The Balaban J connectivity index is 1.76. The SMILES string of the molecule is CN(Cc1ccsc1)C(=O)C[NH+](C)CC(=O)Nc1ccc(Cl)cc1. The number of anilines is 1. The lowest BCUT2D eigenvalue weighted by molar-refractivity contribution is -0.862. The van der Waals surface area contributed by atoms with Gasteiger partial charge in [-0.25, -0.2) is 0 Å². The highest BCUT2D eigenvalue weighted by Crippen LogP contribution is 2.12. The van der Waals surface area contributed by atoms with Gasteiger partial charge in [0.2, 0.25) is 0 Å². The van der Waals surface area contributed by atoms with E-state index in [4.69, 9.17) is 11.6 Å². The lowest BCUT2D eigenvalue weighted by Gasteiger charge is -2.19. The molecule has 24 heavy (non-hydrogen) atoms. The zero-order valence-corrected chi connectivity index (χ0v) is 15.3. The second-order valence-corrected chi connectivity index (χ2v) is 6.96. The van der Waals surface area contributed by atoms with E-state index in [1.807, 2.05) is 23.9 Å². The molecule has 0 radical (unpaired) electrons. The van der Waals surface area contributed by atoms with Crippen LogP contribution in [0.5, 0.6) is 0 Å². The van der Waals surface area contributed by atoms with Crippen LogP contribution in [0.4, 0.5) is 5.69 Å². The average Bonchev–Trinajstić information content (AvgIpc) is 3.02. The van der Waals surface area contributed by atoms with E-state index < -0.39 is 0 Å². The summed E-state index contributed by atoms with van der Waals surface area (Å²) in [5.74, 6) is -0.124. The maximum Gasteiger partial charge on any atom is 0.279 e. The summed E-state index contributed by atoms with van der Waals surface area (Å²) in [5.41, 5.74) is 1.81. The molecule has 1 atom stereocenters. The molecule has 1 aromatic heterocycles. The van der Waals surface area contributed by atoms with Crippen LogP contribution in [-0.4, -0.2) is 43.9 Å². The highest BCUT2D eigenvalue weighted by atomic mass is 35.5. The molecule has 1 unspecified atom stereocenters. The van der Waals surface area contributed by atoms with Crippen LogP contribution in [0.15, 0.2) is 41.1 Å². The number of nitrogens with zero attached hydrogens (tertiary/aromatic N) is 1. The number of quaternary nitrogens is 1. The van der Waals surface area contributed by atoms with Gasteiger partial charge in [0.05, 0.1) is 7.05 Å². The van der Waals surface area contributed by atoms with Crippen LogP contribution >= 0.6 is 22.9 Å². The van der Waals surface area contributed by atoms with Gasteiger partial charge in [-0.3, -0.25) is 9.59 Å². The van der Waals surface area contributed by atoms with Gasteiger partial charge >= 0.3 is 0 Å². The van der Waals surface area contributed by atoms with Gasteiger partial charge in [-0.05, 0) is 46.7 Å². The minimum absolute atomic E-state index is 0.0120. The molecule has 0 saturated carbocycles. The van der Waals surface area contributed by atoms with E-state index in [1.54, 1.807) is 47.5 Å². The number of hydrogen-bond acceptors (Lipinski definition) is 3. The third kappa shape index (κ3) is 5.96. The molecule has 0 aliphatic carbocycles. The maximum absolute atomic E-state index is 12.2. The summed E-state index contributed by atoms with van der Waals surface area (Å²) >= 11 is 7.42. The molecule has 0 aliphatic rings. The second-order valence-electron chi connectivity index (χ2n) is 5.75. The van der Waals surface area contributed by atoms with Crippen molar-refractivity contribution in [3.8, 4) is 0 Å². The van der Waals surface area contributed by atoms with Gasteiger partial charge < -0.3 is 15.1 Å². The summed E-state index contributed by atoms with van der Waals surface area (Å²) in [6.45, 7) is 1.09. The highest BCUT2D eigenvalue weighted by molar-refractivity contribution is 7.07. The van der Waals surface area contributed by atoms with Crippen molar-refractivity contribution < 1.29 is 14.5 Å². The predicted octanol–water partition coefficient (Wildman–Crippen LogP) is 1.51. The Hall–Kier alpha value is -1.89. The van der Waals surface area contributed by atoms with Gasteiger partial charge in [-0.15, -0.1) is 0 Å². The first kappa shape index (κ1) is 18.4. The van der Waals surface area contributed by atoms with Gasteiger partial charge in [-0.2, -0.15) is 11.3 Å². The number of carbonyl (C=O) groups is 2. The van der Waals surface area contributed by atoms with Crippen LogP contribution in [0.2, 0.25) is 5.02 Å². The highest BCUT2D eigenvalue weighted by Gasteiger charge is 2.17. The van der Waals surface area contributed by atoms with Crippen molar-refractivity contribution in [2.75, 3.05) is 32.5 Å². The quantitative estimate of drug-likeness (QED) is 0.780. The topological polar surface area (TPSA) is 53.9 Å². The first-order valence-corrected chi connectivity index (χ1v) is 8.88. The Labute approximate surface area is 150 Å². The number of hydrogen-bond donors (Lipinski definition) is 2. The number of halogens is 1. The normalized spacial score (nSPS) is 11.8. The third-order valence-electron chi connectivity index (χ3n) is 3.47. The van der Waals surface area contributed by atoms with Crippen molar-refractivity contribution >= 4 is 40.4 Å². The van der Waals surface area contributed by atoms with E-state index >= 15 is 0 Å². The molecule has 2 N–H and O–H groups in total. The summed E-state index contributed by atoms with van der Waals surface area (Å²) in [6.07, 6.45) is 0. The number of benzene rings is 1. The molecule has 0 aliphatic heterocycles. The molecule has 1 heterocycles. The zero-order valence-electron chi connectivity index (χ0n) is 13.7. The van der Waals surface area contributed by atoms with Gasteiger partial charge in [0, 0.05) is 24.3 Å². The largest absolute Gasteiger partial charge is 0.337 e. The Morgan fingerprint density at radius 3 is 2.54 bits per heavy atom. The van der Waals surface area contributed by atoms with E-state index in [9.17, 15) is 9.59 Å². The summed E-state index contributed by atoms with van der Waals surface area (Å²) < 4.78 is 0. The first-order chi connectivity index (χ1) is 11.4. The molecule has 2 aromatic rings. The van der Waals surface area contributed by atoms with Crippen molar-refractivity contribution in [3.05, 3.63) is 51.7 Å². The van der Waals surface area contributed by atoms with Crippen molar-refractivity contribution in [2.24, 2.45) is 0 Å². The fraction of sp³-hybridized carbons (Fsp3) is 0.294. The van der Waals surface area contributed by atoms with Crippen LogP contribution in [0, 0.1) is 0 Å². The van der Waals surface area contributed by atoms with Crippen LogP contribution < -0.4 is 10.2 Å². The summed E-state index contributed by atoms with van der Waals surface area (Å²) in [7, 11) is 3.61. The molecular weight excluding hydrogens is 346 g/mol. The Kier molecular flexibility index (Phi) is 6.78. The zero-order chi connectivity index (χ0) is 17.5. The van der Waals surface area contributed by atoms with Crippen LogP contribution in [0.3, 0.4) is 0 Å². The number of likely N-dealkylation sites (N-methyl/N-ethyl adjacent to an activating group) is 2. The third-order valence-corrected chi connectivity index (χ3v) is 4.45.